The Morgan fingerprint density at radius 1 is 1.17 bits per heavy atom. The SMILES string of the molecule is OC(CNCC(O)C1CC1)c1ccc(F)c(F)c1. The number of hydrogen-bond donors (Lipinski definition) is 3. The monoisotopic (exact) mass is 257 g/mol. The summed E-state index contributed by atoms with van der Waals surface area (Å²) < 4.78 is 25.7. The molecule has 1 aromatic rings. The van der Waals surface area contributed by atoms with E-state index in [-0.39, 0.29) is 12.6 Å². The minimum atomic E-state index is -0.968. The average Bonchev–Trinajstić information content (AvgIpc) is 3.16. The van der Waals surface area contributed by atoms with Gasteiger partial charge in [-0.25, -0.2) is 8.78 Å². The number of aliphatic hydroxyl groups excluding tert-OH is 2. The minimum absolute atomic E-state index is 0.203. The molecule has 0 bridgehead atoms. The summed E-state index contributed by atoms with van der Waals surface area (Å²) in [5, 5.41) is 22.3. The first-order valence-corrected chi connectivity index (χ1v) is 6.09. The van der Waals surface area contributed by atoms with Crippen LogP contribution in [0.1, 0.15) is 24.5 Å². The molecule has 0 amide bonds. The Hall–Kier alpha value is -1.04. The Morgan fingerprint density at radius 3 is 2.50 bits per heavy atom. The van der Waals surface area contributed by atoms with Crippen LogP contribution in [-0.2, 0) is 0 Å². The van der Waals surface area contributed by atoms with Crippen LogP contribution in [0.4, 0.5) is 8.78 Å². The highest BCUT2D eigenvalue weighted by molar-refractivity contribution is 5.20. The molecule has 1 aromatic carbocycles. The molecule has 100 valence electrons. The predicted octanol–water partition coefficient (Wildman–Crippen LogP) is 1.36. The summed E-state index contributed by atoms with van der Waals surface area (Å²) in [6, 6.07) is 3.33. The summed E-state index contributed by atoms with van der Waals surface area (Å²) >= 11 is 0. The van der Waals surface area contributed by atoms with E-state index in [9.17, 15) is 19.0 Å². The Kier molecular flexibility index (Phi) is 4.27. The molecule has 0 radical (unpaired) electrons. The van der Waals surface area contributed by atoms with Gasteiger partial charge in [0.2, 0.25) is 0 Å². The van der Waals surface area contributed by atoms with Crippen LogP contribution in [0, 0.1) is 17.6 Å². The summed E-state index contributed by atoms with van der Waals surface area (Å²) in [6.45, 7) is 0.611. The zero-order chi connectivity index (χ0) is 13.1. The molecule has 0 heterocycles. The second-order valence-electron chi connectivity index (χ2n) is 4.75. The van der Waals surface area contributed by atoms with Gasteiger partial charge < -0.3 is 15.5 Å². The molecule has 0 saturated heterocycles. The number of hydrogen-bond acceptors (Lipinski definition) is 3. The highest BCUT2D eigenvalue weighted by Gasteiger charge is 2.29. The summed E-state index contributed by atoms with van der Waals surface area (Å²) in [6.07, 6.45) is 0.803. The van der Waals surface area contributed by atoms with Gasteiger partial charge in [0.25, 0.3) is 0 Å². The highest BCUT2D eigenvalue weighted by Crippen LogP contribution is 2.32. The lowest BCUT2D eigenvalue weighted by Crippen LogP contribution is -2.31. The van der Waals surface area contributed by atoms with Crippen LogP contribution in [0.2, 0.25) is 0 Å². The Balaban J connectivity index is 1.79. The molecule has 2 rings (SSSR count). The van der Waals surface area contributed by atoms with Gasteiger partial charge in [-0.2, -0.15) is 0 Å². The second-order valence-corrected chi connectivity index (χ2v) is 4.75. The zero-order valence-electron chi connectivity index (χ0n) is 9.94. The second kappa shape index (κ2) is 5.73. The van der Waals surface area contributed by atoms with Crippen LogP contribution in [0.15, 0.2) is 18.2 Å². The fourth-order valence-corrected chi connectivity index (χ4v) is 1.85. The maximum absolute atomic E-state index is 13.0. The Labute approximate surface area is 104 Å². The largest absolute Gasteiger partial charge is 0.392 e. The van der Waals surface area contributed by atoms with Crippen LogP contribution in [0.3, 0.4) is 0 Å². The lowest BCUT2D eigenvalue weighted by atomic mass is 10.1. The van der Waals surface area contributed by atoms with Gasteiger partial charge in [0.1, 0.15) is 0 Å². The van der Waals surface area contributed by atoms with E-state index in [2.05, 4.69) is 5.32 Å². The van der Waals surface area contributed by atoms with E-state index in [1.165, 1.54) is 6.07 Å². The maximum Gasteiger partial charge on any atom is 0.159 e. The molecule has 1 aliphatic rings. The van der Waals surface area contributed by atoms with Crippen molar-refractivity contribution in [2.45, 2.75) is 25.0 Å². The zero-order valence-corrected chi connectivity index (χ0v) is 9.94. The van der Waals surface area contributed by atoms with Crippen molar-refractivity contribution in [2.24, 2.45) is 5.92 Å². The van der Waals surface area contributed by atoms with Crippen molar-refractivity contribution < 1.29 is 19.0 Å². The molecule has 0 aliphatic heterocycles. The van der Waals surface area contributed by atoms with Crippen LogP contribution in [0.25, 0.3) is 0 Å². The normalized spacial score (nSPS) is 18.7. The highest BCUT2D eigenvalue weighted by atomic mass is 19.2. The van der Waals surface area contributed by atoms with E-state index in [1.807, 2.05) is 0 Å². The molecule has 1 fully saturated rings. The first-order valence-electron chi connectivity index (χ1n) is 6.09. The molecule has 5 heteroatoms. The fraction of sp³-hybridized carbons (Fsp3) is 0.538. The molecular formula is C13H17F2NO2. The van der Waals surface area contributed by atoms with Gasteiger partial charge >= 0.3 is 0 Å². The number of nitrogens with one attached hydrogen (secondary N) is 1. The quantitative estimate of drug-likeness (QED) is 0.721. The number of benzene rings is 1. The molecule has 0 aromatic heterocycles. The number of halogens is 2. The van der Waals surface area contributed by atoms with E-state index in [0.717, 1.165) is 25.0 Å². The first-order chi connectivity index (χ1) is 8.58. The Bertz CT molecular complexity index is 410. The van der Waals surface area contributed by atoms with Gasteiger partial charge in [-0.3, -0.25) is 0 Å². The molecule has 2 unspecified atom stereocenters. The van der Waals surface area contributed by atoms with Gasteiger partial charge in [0, 0.05) is 13.1 Å². The summed E-state index contributed by atoms with van der Waals surface area (Å²) in [5.41, 5.74) is 0.322. The topological polar surface area (TPSA) is 52.5 Å². The Morgan fingerprint density at radius 2 is 1.89 bits per heavy atom. The van der Waals surface area contributed by atoms with Crippen LogP contribution in [0.5, 0.6) is 0 Å². The smallest absolute Gasteiger partial charge is 0.159 e. The van der Waals surface area contributed by atoms with E-state index < -0.39 is 17.7 Å². The van der Waals surface area contributed by atoms with E-state index in [4.69, 9.17) is 0 Å². The lowest BCUT2D eigenvalue weighted by Gasteiger charge is -2.15. The lowest BCUT2D eigenvalue weighted by molar-refractivity contribution is 0.132. The van der Waals surface area contributed by atoms with Crippen molar-refractivity contribution in [3.8, 4) is 0 Å². The van der Waals surface area contributed by atoms with Gasteiger partial charge in [-0.15, -0.1) is 0 Å². The molecule has 3 nitrogen and oxygen atoms in total. The van der Waals surface area contributed by atoms with E-state index >= 15 is 0 Å². The minimum Gasteiger partial charge on any atom is -0.392 e. The fourth-order valence-electron chi connectivity index (χ4n) is 1.85. The van der Waals surface area contributed by atoms with Crippen LogP contribution in [-0.4, -0.2) is 29.4 Å². The third-order valence-electron chi connectivity index (χ3n) is 3.19. The van der Waals surface area contributed by atoms with Gasteiger partial charge in [-0.1, -0.05) is 6.07 Å². The number of aliphatic hydroxyl groups is 2. The van der Waals surface area contributed by atoms with Crippen molar-refractivity contribution in [3.63, 3.8) is 0 Å². The van der Waals surface area contributed by atoms with Crippen molar-refractivity contribution >= 4 is 0 Å². The number of rotatable bonds is 6. The third kappa shape index (κ3) is 3.48. The molecule has 0 spiro atoms. The molecular weight excluding hydrogens is 240 g/mol. The first kappa shape index (κ1) is 13.4. The van der Waals surface area contributed by atoms with Crippen molar-refractivity contribution in [2.75, 3.05) is 13.1 Å². The molecule has 18 heavy (non-hydrogen) atoms. The predicted molar refractivity (Wildman–Crippen MR) is 62.9 cm³/mol. The van der Waals surface area contributed by atoms with E-state index in [1.54, 1.807) is 0 Å². The maximum atomic E-state index is 13.0. The standard InChI is InChI=1S/C13H17F2NO2/c14-10-4-3-9(5-11(10)15)13(18)7-16-6-12(17)8-1-2-8/h3-5,8,12-13,16-18H,1-2,6-7H2. The van der Waals surface area contributed by atoms with Crippen LogP contribution >= 0.6 is 0 Å². The summed E-state index contributed by atoms with van der Waals surface area (Å²) in [4.78, 5) is 0. The summed E-state index contributed by atoms with van der Waals surface area (Å²) in [7, 11) is 0. The molecule has 1 aliphatic carbocycles. The van der Waals surface area contributed by atoms with Gasteiger partial charge in [0.15, 0.2) is 11.6 Å². The van der Waals surface area contributed by atoms with Gasteiger partial charge in [0.05, 0.1) is 12.2 Å². The third-order valence-corrected chi connectivity index (χ3v) is 3.19. The van der Waals surface area contributed by atoms with Crippen LogP contribution < -0.4 is 5.32 Å². The molecule has 2 atom stereocenters. The van der Waals surface area contributed by atoms with E-state index in [0.29, 0.717) is 18.0 Å². The summed E-state index contributed by atoms with van der Waals surface area (Å²) in [5.74, 6) is -1.52. The van der Waals surface area contributed by atoms with Crippen molar-refractivity contribution in [3.05, 3.63) is 35.4 Å². The molecule has 1 saturated carbocycles. The molecule has 3 N–H and O–H groups in total. The van der Waals surface area contributed by atoms with Crippen molar-refractivity contribution in [1.29, 1.82) is 0 Å². The van der Waals surface area contributed by atoms with Gasteiger partial charge in [-0.05, 0) is 36.5 Å². The van der Waals surface area contributed by atoms with Crippen molar-refractivity contribution in [1.82, 2.24) is 5.32 Å². The average molecular weight is 257 g/mol.